The monoisotopic (exact) mass is 296 g/mol. The minimum atomic E-state index is -5.19. The summed E-state index contributed by atoms with van der Waals surface area (Å²) >= 11 is 0. The van der Waals surface area contributed by atoms with Crippen LogP contribution in [-0.2, 0) is 9.13 Å². The van der Waals surface area contributed by atoms with Crippen LogP contribution in [0, 0.1) is 0 Å². The van der Waals surface area contributed by atoms with E-state index in [1.165, 1.54) is 24.4 Å². The largest absolute Gasteiger partial charge is 0.360 e. The maximum absolute atomic E-state index is 11.5. The standard InChI is InChI=1S/C7H10N2O7P2/c10-6(5-3-1-2-4-8-5)9-7(17(11,12)13)18(14,15)16/h1-4,7H,(H,9,10)(H2,11,12,13)(H2,14,15,16). The molecule has 0 spiro atoms. The third kappa shape index (κ3) is 3.99. The molecule has 1 aromatic rings. The van der Waals surface area contributed by atoms with E-state index in [-0.39, 0.29) is 5.69 Å². The molecule has 1 amide bonds. The Labute approximate surface area is 101 Å². The minimum absolute atomic E-state index is 0.218. The molecule has 100 valence electrons. The highest BCUT2D eigenvalue weighted by Crippen LogP contribution is 2.58. The molecule has 1 heterocycles. The predicted octanol–water partition coefficient (Wildman–Crippen LogP) is -0.550. The van der Waals surface area contributed by atoms with E-state index in [1.807, 2.05) is 0 Å². The quantitative estimate of drug-likeness (QED) is 0.463. The van der Waals surface area contributed by atoms with Crippen molar-refractivity contribution < 1.29 is 33.5 Å². The first-order valence-corrected chi connectivity index (χ1v) is 7.81. The van der Waals surface area contributed by atoms with Gasteiger partial charge in [-0.1, -0.05) is 6.07 Å². The third-order valence-corrected chi connectivity index (χ3v) is 5.13. The van der Waals surface area contributed by atoms with Crippen molar-refractivity contribution in [3.05, 3.63) is 30.1 Å². The second-order valence-electron chi connectivity index (χ2n) is 3.24. The number of aromatic nitrogens is 1. The average molecular weight is 296 g/mol. The van der Waals surface area contributed by atoms with Crippen LogP contribution in [0.25, 0.3) is 0 Å². The molecule has 0 aliphatic carbocycles. The molecule has 18 heavy (non-hydrogen) atoms. The van der Waals surface area contributed by atoms with Crippen LogP contribution in [0.15, 0.2) is 24.4 Å². The smallest absolute Gasteiger partial charge is 0.327 e. The Kier molecular flexibility index (Phi) is 4.39. The van der Waals surface area contributed by atoms with Crippen molar-refractivity contribution >= 4 is 21.1 Å². The molecular formula is C7H10N2O7P2. The van der Waals surface area contributed by atoms with Crippen LogP contribution in [0.5, 0.6) is 0 Å². The fourth-order valence-electron chi connectivity index (χ4n) is 1.05. The molecule has 11 heteroatoms. The van der Waals surface area contributed by atoms with Crippen LogP contribution in [0.3, 0.4) is 0 Å². The number of nitrogens with one attached hydrogen (secondary N) is 1. The van der Waals surface area contributed by atoms with Gasteiger partial charge in [0.1, 0.15) is 5.69 Å². The van der Waals surface area contributed by atoms with Crippen molar-refractivity contribution in [1.29, 1.82) is 0 Å². The number of pyridine rings is 1. The highest BCUT2D eigenvalue weighted by molar-refractivity contribution is 7.70. The summed E-state index contributed by atoms with van der Waals surface area (Å²) in [6.45, 7) is 0. The maximum atomic E-state index is 11.5. The van der Waals surface area contributed by atoms with E-state index in [9.17, 15) is 13.9 Å². The van der Waals surface area contributed by atoms with E-state index in [1.54, 1.807) is 5.32 Å². The van der Waals surface area contributed by atoms with Crippen molar-refractivity contribution in [3.8, 4) is 0 Å². The van der Waals surface area contributed by atoms with Gasteiger partial charge in [0.15, 0.2) is 0 Å². The fraction of sp³-hybridized carbons (Fsp3) is 0.143. The van der Waals surface area contributed by atoms with Gasteiger partial charge in [0.25, 0.3) is 5.91 Å². The summed E-state index contributed by atoms with van der Waals surface area (Å²) in [5.74, 6) is -1.09. The first kappa shape index (κ1) is 15.0. The Balaban J connectivity index is 2.97. The predicted molar refractivity (Wildman–Crippen MR) is 59.6 cm³/mol. The van der Waals surface area contributed by atoms with E-state index < -0.39 is 26.6 Å². The van der Waals surface area contributed by atoms with Gasteiger partial charge >= 0.3 is 15.2 Å². The van der Waals surface area contributed by atoms with Crippen LogP contribution < -0.4 is 5.32 Å². The molecule has 5 N–H and O–H groups in total. The topological polar surface area (TPSA) is 157 Å². The summed E-state index contributed by atoms with van der Waals surface area (Å²) in [5, 5.41) is 1.59. The number of hydrogen-bond acceptors (Lipinski definition) is 4. The average Bonchev–Trinajstić information content (AvgIpc) is 2.23. The molecule has 0 saturated heterocycles. The highest BCUT2D eigenvalue weighted by atomic mass is 31.2. The van der Waals surface area contributed by atoms with Crippen LogP contribution >= 0.6 is 15.2 Å². The second kappa shape index (κ2) is 5.27. The lowest BCUT2D eigenvalue weighted by atomic mass is 10.3. The number of rotatable bonds is 4. The summed E-state index contributed by atoms with van der Waals surface area (Å²) in [6.07, 6.45) is 1.25. The second-order valence-corrected chi connectivity index (χ2v) is 7.04. The summed E-state index contributed by atoms with van der Waals surface area (Å²) in [4.78, 5) is 50.2. The van der Waals surface area contributed by atoms with Crippen molar-refractivity contribution in [2.24, 2.45) is 0 Å². The van der Waals surface area contributed by atoms with Crippen molar-refractivity contribution in [2.75, 3.05) is 0 Å². The lowest BCUT2D eigenvalue weighted by molar-refractivity contribution is 0.0943. The van der Waals surface area contributed by atoms with E-state index in [2.05, 4.69) is 4.98 Å². The van der Waals surface area contributed by atoms with Gasteiger partial charge in [-0.3, -0.25) is 18.9 Å². The number of amides is 1. The fourth-order valence-corrected chi connectivity index (χ4v) is 3.19. The van der Waals surface area contributed by atoms with Gasteiger partial charge in [0, 0.05) is 6.20 Å². The zero-order valence-corrected chi connectivity index (χ0v) is 10.5. The highest BCUT2D eigenvalue weighted by Gasteiger charge is 2.44. The van der Waals surface area contributed by atoms with E-state index in [0.29, 0.717) is 0 Å². The Hall–Kier alpha value is -1.08. The minimum Gasteiger partial charge on any atom is -0.327 e. The summed E-state index contributed by atoms with van der Waals surface area (Å²) in [6, 6.07) is 4.16. The van der Waals surface area contributed by atoms with Gasteiger partial charge < -0.3 is 24.9 Å². The molecule has 0 aliphatic heterocycles. The summed E-state index contributed by atoms with van der Waals surface area (Å²) < 4.78 is 21.8. The third-order valence-electron chi connectivity index (χ3n) is 1.79. The number of carbonyl (C=O) groups is 1. The van der Waals surface area contributed by atoms with Crippen LogP contribution in [0.4, 0.5) is 0 Å². The Morgan fingerprint density at radius 3 is 2.11 bits per heavy atom. The van der Waals surface area contributed by atoms with Gasteiger partial charge in [-0.15, -0.1) is 0 Å². The van der Waals surface area contributed by atoms with Gasteiger partial charge in [0.05, 0.1) is 0 Å². The van der Waals surface area contributed by atoms with Crippen molar-refractivity contribution in [2.45, 2.75) is 5.52 Å². The normalized spacial score (nSPS) is 12.5. The van der Waals surface area contributed by atoms with Crippen LogP contribution in [0.1, 0.15) is 10.5 Å². The van der Waals surface area contributed by atoms with Gasteiger partial charge in [-0.25, -0.2) is 0 Å². The first-order valence-electron chi connectivity index (χ1n) is 4.44. The molecule has 0 fully saturated rings. The van der Waals surface area contributed by atoms with Gasteiger partial charge in [0.2, 0.25) is 5.52 Å². The van der Waals surface area contributed by atoms with Crippen molar-refractivity contribution in [1.82, 2.24) is 10.3 Å². The zero-order chi connectivity index (χ0) is 14.0. The number of hydrogen-bond donors (Lipinski definition) is 5. The van der Waals surface area contributed by atoms with Crippen molar-refractivity contribution in [3.63, 3.8) is 0 Å². The molecule has 1 aromatic heterocycles. The Bertz CT molecular complexity index is 500. The molecular weight excluding hydrogens is 286 g/mol. The molecule has 0 aliphatic rings. The molecule has 0 atom stereocenters. The zero-order valence-electron chi connectivity index (χ0n) is 8.74. The molecule has 0 aromatic carbocycles. The van der Waals surface area contributed by atoms with Crippen LogP contribution in [0.2, 0.25) is 0 Å². The molecule has 0 unspecified atom stereocenters. The van der Waals surface area contributed by atoms with Crippen LogP contribution in [-0.4, -0.2) is 36.0 Å². The summed E-state index contributed by atoms with van der Waals surface area (Å²) in [7, 11) is -10.4. The van der Waals surface area contributed by atoms with E-state index >= 15 is 0 Å². The number of carbonyl (C=O) groups excluding carboxylic acids is 1. The maximum Gasteiger partial charge on any atom is 0.360 e. The first-order chi connectivity index (χ1) is 8.12. The molecule has 0 saturated carbocycles. The Morgan fingerprint density at radius 1 is 1.17 bits per heavy atom. The van der Waals surface area contributed by atoms with E-state index in [0.717, 1.165) is 0 Å². The summed E-state index contributed by atoms with van der Waals surface area (Å²) in [5.41, 5.74) is -2.80. The lowest BCUT2D eigenvalue weighted by Crippen LogP contribution is -2.35. The van der Waals surface area contributed by atoms with Gasteiger partial charge in [-0.05, 0) is 12.1 Å². The molecule has 1 rings (SSSR count). The molecule has 0 bridgehead atoms. The molecule has 0 radical (unpaired) electrons. The SMILES string of the molecule is O=C(NC(P(=O)(O)O)P(=O)(O)O)c1ccccn1. The number of nitrogens with zero attached hydrogens (tertiary/aromatic N) is 1. The Morgan fingerprint density at radius 2 is 1.72 bits per heavy atom. The molecule has 9 nitrogen and oxygen atoms in total. The van der Waals surface area contributed by atoms with E-state index in [4.69, 9.17) is 19.6 Å². The van der Waals surface area contributed by atoms with Gasteiger partial charge in [-0.2, -0.15) is 0 Å². The lowest BCUT2D eigenvalue weighted by Gasteiger charge is -2.20.